The summed E-state index contributed by atoms with van der Waals surface area (Å²) in [4.78, 5) is 6.77. The standard InChI is InChI=1S/C19H22N2O/c1-13-6-7-15-14(11-13)12-17(22)21(2)18(15)19(8-9-19)16-5-3-4-10-20-16/h3-7,10-11,17-18,22H,8-9,12H2,1-2H3. The molecular formula is C19H22N2O. The molecule has 0 bridgehead atoms. The smallest absolute Gasteiger partial charge is 0.111 e. The number of aliphatic hydroxyl groups is 1. The summed E-state index contributed by atoms with van der Waals surface area (Å²) in [6.07, 6.45) is 4.45. The Kier molecular flexibility index (Phi) is 3.10. The van der Waals surface area contributed by atoms with E-state index in [0.717, 1.165) is 18.5 Å². The van der Waals surface area contributed by atoms with E-state index < -0.39 is 6.23 Å². The van der Waals surface area contributed by atoms with Crippen LogP contribution in [0.15, 0.2) is 42.6 Å². The van der Waals surface area contributed by atoms with Crippen LogP contribution in [0.25, 0.3) is 0 Å². The molecule has 0 amide bonds. The van der Waals surface area contributed by atoms with E-state index in [4.69, 9.17) is 0 Å². The van der Waals surface area contributed by atoms with Crippen LogP contribution < -0.4 is 0 Å². The zero-order chi connectivity index (χ0) is 15.3. The van der Waals surface area contributed by atoms with E-state index in [1.165, 1.54) is 16.7 Å². The van der Waals surface area contributed by atoms with Crippen molar-refractivity contribution in [2.75, 3.05) is 7.05 Å². The van der Waals surface area contributed by atoms with Crippen molar-refractivity contribution in [3.63, 3.8) is 0 Å². The molecule has 1 fully saturated rings. The first-order chi connectivity index (χ1) is 10.6. The first-order valence-corrected chi connectivity index (χ1v) is 8.03. The van der Waals surface area contributed by atoms with Gasteiger partial charge in [-0.15, -0.1) is 0 Å². The highest BCUT2D eigenvalue weighted by molar-refractivity contribution is 5.42. The molecule has 3 heteroatoms. The van der Waals surface area contributed by atoms with Crippen LogP contribution in [0.2, 0.25) is 0 Å². The number of nitrogens with zero attached hydrogens (tertiary/aromatic N) is 2. The van der Waals surface area contributed by atoms with E-state index >= 15 is 0 Å². The van der Waals surface area contributed by atoms with Crippen molar-refractivity contribution in [2.45, 2.75) is 43.9 Å². The molecule has 0 spiro atoms. The van der Waals surface area contributed by atoms with Gasteiger partial charge in [-0.05, 0) is 50.1 Å². The van der Waals surface area contributed by atoms with Gasteiger partial charge in [0.1, 0.15) is 6.23 Å². The third-order valence-electron chi connectivity index (χ3n) is 5.36. The maximum Gasteiger partial charge on any atom is 0.111 e. The molecule has 114 valence electrons. The van der Waals surface area contributed by atoms with Crippen LogP contribution in [0.5, 0.6) is 0 Å². The summed E-state index contributed by atoms with van der Waals surface area (Å²) < 4.78 is 0. The van der Waals surface area contributed by atoms with Crippen LogP contribution in [0.3, 0.4) is 0 Å². The summed E-state index contributed by atoms with van der Waals surface area (Å²) in [6.45, 7) is 2.12. The molecule has 2 unspecified atom stereocenters. The van der Waals surface area contributed by atoms with Gasteiger partial charge in [0.25, 0.3) is 0 Å². The lowest BCUT2D eigenvalue weighted by Crippen LogP contribution is -2.46. The van der Waals surface area contributed by atoms with Gasteiger partial charge < -0.3 is 5.11 Å². The van der Waals surface area contributed by atoms with Gasteiger partial charge in [-0.25, -0.2) is 0 Å². The SMILES string of the molecule is Cc1ccc2c(c1)CC(O)N(C)C2C1(c2ccccn2)CC1. The lowest BCUT2D eigenvalue weighted by Gasteiger charge is -2.43. The number of aliphatic hydroxyl groups excluding tert-OH is 1. The lowest BCUT2D eigenvalue weighted by atomic mass is 9.80. The van der Waals surface area contributed by atoms with Gasteiger partial charge in [-0.1, -0.05) is 29.8 Å². The fourth-order valence-electron chi connectivity index (χ4n) is 4.06. The van der Waals surface area contributed by atoms with Gasteiger partial charge in [0.05, 0.1) is 0 Å². The second-order valence-electron chi connectivity index (χ2n) is 6.83. The van der Waals surface area contributed by atoms with Crippen molar-refractivity contribution in [2.24, 2.45) is 0 Å². The molecule has 0 saturated heterocycles. The summed E-state index contributed by atoms with van der Waals surface area (Å²) in [7, 11) is 2.04. The fourth-order valence-corrected chi connectivity index (χ4v) is 4.06. The first-order valence-electron chi connectivity index (χ1n) is 8.03. The maximum atomic E-state index is 10.5. The molecule has 1 aromatic carbocycles. The number of rotatable bonds is 2. The number of aromatic nitrogens is 1. The zero-order valence-electron chi connectivity index (χ0n) is 13.2. The van der Waals surface area contributed by atoms with Gasteiger partial charge in [0.2, 0.25) is 0 Å². The van der Waals surface area contributed by atoms with E-state index in [1.54, 1.807) is 0 Å². The van der Waals surface area contributed by atoms with E-state index in [-0.39, 0.29) is 11.5 Å². The second kappa shape index (κ2) is 4.90. The van der Waals surface area contributed by atoms with Crippen molar-refractivity contribution in [1.82, 2.24) is 9.88 Å². The Morgan fingerprint density at radius 1 is 1.23 bits per heavy atom. The average molecular weight is 294 g/mol. The highest BCUT2D eigenvalue weighted by atomic mass is 16.3. The number of hydrogen-bond acceptors (Lipinski definition) is 3. The summed E-state index contributed by atoms with van der Waals surface area (Å²) in [6, 6.07) is 13.0. The Morgan fingerprint density at radius 3 is 2.73 bits per heavy atom. The van der Waals surface area contributed by atoms with Crippen LogP contribution in [0.1, 0.15) is 41.3 Å². The minimum absolute atomic E-state index is 0.0570. The number of likely N-dealkylation sites (N-methyl/N-ethyl adjacent to an activating group) is 1. The van der Waals surface area contributed by atoms with Crippen molar-refractivity contribution in [3.05, 3.63) is 65.0 Å². The maximum absolute atomic E-state index is 10.5. The molecular weight excluding hydrogens is 272 g/mol. The minimum atomic E-state index is -0.416. The van der Waals surface area contributed by atoms with Crippen LogP contribution in [-0.4, -0.2) is 28.3 Å². The molecule has 1 N–H and O–H groups in total. The second-order valence-corrected chi connectivity index (χ2v) is 6.83. The van der Waals surface area contributed by atoms with Crippen molar-refractivity contribution >= 4 is 0 Å². The molecule has 1 aliphatic heterocycles. The van der Waals surface area contributed by atoms with Gasteiger partial charge >= 0.3 is 0 Å². The quantitative estimate of drug-likeness (QED) is 0.925. The van der Waals surface area contributed by atoms with Gasteiger partial charge in [-0.3, -0.25) is 9.88 Å². The highest BCUT2D eigenvalue weighted by Gasteiger charge is 2.56. The lowest BCUT2D eigenvalue weighted by molar-refractivity contribution is -0.0280. The van der Waals surface area contributed by atoms with Gasteiger partial charge in [-0.2, -0.15) is 0 Å². The summed E-state index contributed by atoms with van der Waals surface area (Å²) in [5.41, 5.74) is 5.13. The summed E-state index contributed by atoms with van der Waals surface area (Å²) in [5, 5.41) is 10.5. The molecule has 4 rings (SSSR count). The van der Waals surface area contributed by atoms with Crippen LogP contribution >= 0.6 is 0 Å². The number of benzene rings is 1. The Hall–Kier alpha value is -1.71. The van der Waals surface area contributed by atoms with Crippen LogP contribution in [0, 0.1) is 6.92 Å². The van der Waals surface area contributed by atoms with Gasteiger partial charge in [0.15, 0.2) is 0 Å². The summed E-state index contributed by atoms with van der Waals surface area (Å²) >= 11 is 0. The first kappa shape index (κ1) is 13.9. The molecule has 3 nitrogen and oxygen atoms in total. The van der Waals surface area contributed by atoms with Crippen molar-refractivity contribution in [3.8, 4) is 0 Å². The molecule has 2 aromatic rings. The van der Waals surface area contributed by atoms with Crippen LogP contribution in [-0.2, 0) is 11.8 Å². The predicted octanol–water partition coefficient (Wildman–Crippen LogP) is 2.97. The van der Waals surface area contributed by atoms with E-state index in [0.29, 0.717) is 6.42 Å². The van der Waals surface area contributed by atoms with E-state index in [9.17, 15) is 5.11 Å². The Bertz CT molecular complexity index is 694. The molecule has 1 aliphatic carbocycles. The number of pyridine rings is 1. The van der Waals surface area contributed by atoms with Crippen molar-refractivity contribution < 1.29 is 5.11 Å². The predicted molar refractivity (Wildman–Crippen MR) is 86.5 cm³/mol. The molecule has 2 aliphatic rings. The summed E-state index contributed by atoms with van der Waals surface area (Å²) in [5.74, 6) is 0. The number of aryl methyl sites for hydroxylation is 1. The topological polar surface area (TPSA) is 36.4 Å². The van der Waals surface area contributed by atoms with E-state index in [1.807, 2.05) is 19.3 Å². The number of fused-ring (bicyclic) bond motifs is 1. The third-order valence-corrected chi connectivity index (χ3v) is 5.36. The Labute approximate surface area is 131 Å². The number of hydrogen-bond donors (Lipinski definition) is 1. The third kappa shape index (κ3) is 2.00. The Balaban J connectivity index is 1.84. The Morgan fingerprint density at radius 2 is 2.05 bits per heavy atom. The van der Waals surface area contributed by atoms with Crippen molar-refractivity contribution in [1.29, 1.82) is 0 Å². The molecule has 22 heavy (non-hydrogen) atoms. The normalized spacial score (nSPS) is 26.5. The molecule has 1 saturated carbocycles. The molecule has 2 atom stereocenters. The molecule has 2 heterocycles. The van der Waals surface area contributed by atoms with E-state index in [2.05, 4.69) is 47.1 Å². The highest BCUT2D eigenvalue weighted by Crippen LogP contribution is 2.59. The average Bonchev–Trinajstić information content (AvgIpc) is 3.31. The molecule has 1 aromatic heterocycles. The minimum Gasteiger partial charge on any atom is -0.378 e. The fraction of sp³-hybridized carbons (Fsp3) is 0.421. The van der Waals surface area contributed by atoms with Crippen LogP contribution in [0.4, 0.5) is 0 Å². The zero-order valence-corrected chi connectivity index (χ0v) is 13.2. The largest absolute Gasteiger partial charge is 0.378 e. The molecule has 0 radical (unpaired) electrons. The van der Waals surface area contributed by atoms with Gasteiger partial charge in [0, 0.05) is 29.8 Å². The monoisotopic (exact) mass is 294 g/mol.